The van der Waals surface area contributed by atoms with Gasteiger partial charge in [0, 0.05) is 6.54 Å². The number of urea groups is 1. The predicted octanol–water partition coefficient (Wildman–Crippen LogP) is 2.84. The van der Waals surface area contributed by atoms with Gasteiger partial charge in [-0.1, -0.05) is 18.2 Å². The zero-order valence-corrected chi connectivity index (χ0v) is 15.6. The monoisotopic (exact) mass is 379 g/mol. The number of amides is 3. The Hall–Kier alpha value is -3.48. The molecule has 1 N–H and O–H groups in total. The molecule has 144 valence electrons. The highest BCUT2D eigenvalue weighted by Crippen LogP contribution is 2.37. The summed E-state index contributed by atoms with van der Waals surface area (Å²) in [6, 6.07) is 10.2. The van der Waals surface area contributed by atoms with Crippen molar-refractivity contribution in [1.82, 2.24) is 15.1 Å². The molecule has 7 nitrogen and oxygen atoms in total. The molecule has 2 aliphatic rings. The fourth-order valence-corrected chi connectivity index (χ4v) is 3.66. The largest absolute Gasteiger partial charge is 0.497 e. The van der Waals surface area contributed by atoms with Crippen LogP contribution in [0.5, 0.6) is 5.75 Å². The summed E-state index contributed by atoms with van der Waals surface area (Å²) in [7, 11) is 1.58. The van der Waals surface area contributed by atoms with Crippen LogP contribution in [0, 0.1) is 0 Å². The molecule has 0 saturated heterocycles. The summed E-state index contributed by atoms with van der Waals surface area (Å²) in [5.74, 6) is 1.24. The molecule has 2 aliphatic heterocycles. The van der Waals surface area contributed by atoms with E-state index in [1.165, 1.54) is 0 Å². The van der Waals surface area contributed by atoms with Gasteiger partial charge in [-0.2, -0.15) is 0 Å². The Bertz CT molecular complexity index is 948. The van der Waals surface area contributed by atoms with E-state index in [0.717, 1.165) is 5.56 Å². The van der Waals surface area contributed by atoms with Gasteiger partial charge in [0.2, 0.25) is 0 Å². The first kappa shape index (κ1) is 17.9. The third-order valence-electron chi connectivity index (χ3n) is 4.96. The van der Waals surface area contributed by atoms with Crippen LogP contribution >= 0.6 is 0 Å². The molecule has 3 heterocycles. The van der Waals surface area contributed by atoms with E-state index < -0.39 is 6.04 Å². The number of nitrogens with one attached hydrogen (secondary N) is 1. The van der Waals surface area contributed by atoms with E-state index in [2.05, 4.69) is 11.9 Å². The van der Waals surface area contributed by atoms with Gasteiger partial charge in [-0.25, -0.2) is 4.79 Å². The highest BCUT2D eigenvalue weighted by molar-refractivity contribution is 6.01. The fourth-order valence-electron chi connectivity index (χ4n) is 3.66. The topological polar surface area (TPSA) is 75.0 Å². The minimum absolute atomic E-state index is 0.117. The van der Waals surface area contributed by atoms with Gasteiger partial charge in [0.25, 0.3) is 5.91 Å². The normalized spacial score (nSPS) is 19.0. The standard InChI is InChI=1S/C21H21N3O4/c1-3-9-24-17-13-23(12-16-8-5-10-28-16)20(25)18(17)19(22-21(24)26)14-6-4-7-15(11-14)27-2/h3-8,10-11,19H,1,9,12-13H2,2H3,(H,22,26)/t19-/m1/s1. The van der Waals surface area contributed by atoms with Crippen molar-refractivity contribution in [2.24, 2.45) is 0 Å². The van der Waals surface area contributed by atoms with E-state index in [9.17, 15) is 9.59 Å². The molecule has 28 heavy (non-hydrogen) atoms. The van der Waals surface area contributed by atoms with Gasteiger partial charge in [0.1, 0.15) is 11.5 Å². The summed E-state index contributed by atoms with van der Waals surface area (Å²) in [5, 5.41) is 2.95. The Labute approximate surface area is 162 Å². The van der Waals surface area contributed by atoms with E-state index in [1.54, 1.807) is 35.3 Å². The van der Waals surface area contributed by atoms with Crippen LogP contribution in [-0.2, 0) is 11.3 Å². The maximum Gasteiger partial charge on any atom is 0.322 e. The molecule has 3 amide bonds. The average molecular weight is 379 g/mol. The molecule has 1 aromatic carbocycles. The van der Waals surface area contributed by atoms with E-state index in [1.807, 2.05) is 30.3 Å². The molecule has 0 fully saturated rings. The van der Waals surface area contributed by atoms with Crippen LogP contribution < -0.4 is 10.1 Å². The number of ether oxygens (including phenoxy) is 1. The Kier molecular flexibility index (Phi) is 4.65. The second kappa shape index (κ2) is 7.26. The summed E-state index contributed by atoms with van der Waals surface area (Å²) < 4.78 is 10.7. The lowest BCUT2D eigenvalue weighted by Gasteiger charge is -2.33. The van der Waals surface area contributed by atoms with Crippen LogP contribution in [0.3, 0.4) is 0 Å². The van der Waals surface area contributed by atoms with Crippen molar-refractivity contribution in [3.05, 3.63) is 77.9 Å². The molecule has 0 saturated carbocycles. The SMILES string of the molecule is C=CCN1C(=O)N[C@H](c2cccc(OC)c2)C2=C1CN(Cc1ccco1)C2=O. The Morgan fingerprint density at radius 2 is 2.18 bits per heavy atom. The minimum atomic E-state index is -0.534. The molecule has 4 rings (SSSR count). The molecule has 7 heteroatoms. The van der Waals surface area contributed by atoms with Gasteiger partial charge >= 0.3 is 6.03 Å². The number of rotatable bonds is 6. The van der Waals surface area contributed by atoms with Crippen molar-refractivity contribution >= 4 is 11.9 Å². The zero-order valence-electron chi connectivity index (χ0n) is 15.6. The van der Waals surface area contributed by atoms with E-state index in [-0.39, 0.29) is 11.9 Å². The van der Waals surface area contributed by atoms with Crippen LogP contribution in [0.4, 0.5) is 4.79 Å². The highest BCUT2D eigenvalue weighted by atomic mass is 16.5. The predicted molar refractivity (Wildman–Crippen MR) is 102 cm³/mol. The van der Waals surface area contributed by atoms with Crippen molar-refractivity contribution in [2.75, 3.05) is 20.2 Å². The number of benzene rings is 1. The number of hydrogen-bond donors (Lipinski definition) is 1. The molecule has 0 unspecified atom stereocenters. The quantitative estimate of drug-likeness (QED) is 0.783. The second-order valence-electron chi connectivity index (χ2n) is 6.66. The van der Waals surface area contributed by atoms with E-state index >= 15 is 0 Å². The molecular formula is C21H21N3O4. The number of carbonyl (C=O) groups excluding carboxylic acids is 2. The Balaban J connectivity index is 1.73. The average Bonchev–Trinajstić information content (AvgIpc) is 3.33. The lowest BCUT2D eigenvalue weighted by atomic mass is 9.95. The number of furan rings is 1. The first-order chi connectivity index (χ1) is 13.6. The smallest absolute Gasteiger partial charge is 0.322 e. The highest BCUT2D eigenvalue weighted by Gasteiger charge is 2.43. The van der Waals surface area contributed by atoms with Crippen LogP contribution in [0.1, 0.15) is 17.4 Å². The summed E-state index contributed by atoms with van der Waals surface area (Å²) in [5.41, 5.74) is 2.07. The number of methoxy groups -OCH3 is 1. The first-order valence-electron chi connectivity index (χ1n) is 9.00. The van der Waals surface area contributed by atoms with Crippen LogP contribution in [0.15, 0.2) is 71.0 Å². The number of carbonyl (C=O) groups is 2. The third kappa shape index (κ3) is 3.05. The van der Waals surface area contributed by atoms with Crippen LogP contribution in [0.25, 0.3) is 0 Å². The van der Waals surface area contributed by atoms with Crippen LogP contribution in [-0.4, -0.2) is 41.9 Å². The molecular weight excluding hydrogens is 358 g/mol. The third-order valence-corrected chi connectivity index (χ3v) is 4.96. The molecule has 1 atom stereocenters. The minimum Gasteiger partial charge on any atom is -0.497 e. The van der Waals surface area contributed by atoms with Gasteiger partial charge in [-0.15, -0.1) is 6.58 Å². The van der Waals surface area contributed by atoms with Crippen molar-refractivity contribution in [1.29, 1.82) is 0 Å². The van der Waals surface area contributed by atoms with Crippen molar-refractivity contribution in [3.63, 3.8) is 0 Å². The summed E-state index contributed by atoms with van der Waals surface area (Å²) in [4.78, 5) is 29.3. The van der Waals surface area contributed by atoms with Gasteiger partial charge in [0.15, 0.2) is 0 Å². The number of hydrogen-bond acceptors (Lipinski definition) is 4. The molecule has 0 bridgehead atoms. The molecule has 0 radical (unpaired) electrons. The lowest BCUT2D eigenvalue weighted by molar-refractivity contribution is -0.126. The molecule has 1 aromatic heterocycles. The fraction of sp³-hybridized carbons (Fsp3) is 0.238. The van der Waals surface area contributed by atoms with Crippen molar-refractivity contribution in [3.8, 4) is 5.75 Å². The van der Waals surface area contributed by atoms with Gasteiger partial charge < -0.3 is 19.4 Å². The van der Waals surface area contributed by atoms with Crippen LogP contribution in [0.2, 0.25) is 0 Å². The maximum absolute atomic E-state index is 13.3. The molecule has 2 aromatic rings. The van der Waals surface area contributed by atoms with Crippen molar-refractivity contribution < 1.29 is 18.7 Å². The van der Waals surface area contributed by atoms with Gasteiger partial charge in [0.05, 0.1) is 43.8 Å². The van der Waals surface area contributed by atoms with E-state index in [4.69, 9.17) is 9.15 Å². The number of nitrogens with zero attached hydrogens (tertiary/aromatic N) is 2. The second-order valence-corrected chi connectivity index (χ2v) is 6.66. The van der Waals surface area contributed by atoms with Gasteiger partial charge in [-0.05, 0) is 29.8 Å². The maximum atomic E-state index is 13.3. The summed E-state index contributed by atoms with van der Waals surface area (Å²) in [6.07, 6.45) is 3.23. The summed E-state index contributed by atoms with van der Waals surface area (Å²) >= 11 is 0. The lowest BCUT2D eigenvalue weighted by Crippen LogP contribution is -2.47. The summed E-state index contributed by atoms with van der Waals surface area (Å²) in [6.45, 7) is 4.75. The molecule has 0 aliphatic carbocycles. The zero-order chi connectivity index (χ0) is 19.7. The Morgan fingerprint density at radius 1 is 1.32 bits per heavy atom. The van der Waals surface area contributed by atoms with E-state index in [0.29, 0.717) is 42.4 Å². The van der Waals surface area contributed by atoms with Gasteiger partial charge in [-0.3, -0.25) is 9.69 Å². The van der Waals surface area contributed by atoms with Crippen molar-refractivity contribution in [2.45, 2.75) is 12.6 Å². The first-order valence-corrected chi connectivity index (χ1v) is 9.00. The Morgan fingerprint density at radius 3 is 2.89 bits per heavy atom. The molecule has 0 spiro atoms.